The zero-order valence-corrected chi connectivity index (χ0v) is 4.42. The van der Waals surface area contributed by atoms with E-state index in [-0.39, 0.29) is 12.3 Å². The number of nitrogens with two attached hydrogens (primary N) is 2. The van der Waals surface area contributed by atoms with Gasteiger partial charge in [-0.1, -0.05) is 0 Å². The topological polar surface area (TPSA) is 67.0 Å². The van der Waals surface area contributed by atoms with Gasteiger partial charge in [0.2, 0.25) is 0 Å². The van der Waals surface area contributed by atoms with Crippen LogP contribution in [0.1, 0.15) is 0 Å². The zero-order valence-electron chi connectivity index (χ0n) is 1.85. The molecule has 0 aliphatic heterocycles. The molecule has 0 atom stereocenters. The predicted molar refractivity (Wildman–Crippen MR) is 19.5 cm³/mol. The van der Waals surface area contributed by atoms with E-state index in [1.807, 2.05) is 0 Å². The molecule has 4 N–H and O–H groups in total. The number of rotatable bonds is 0. The molecule has 0 aromatic heterocycles. The molecule has 0 fully saturated rings. The van der Waals surface area contributed by atoms with Crippen LogP contribution in [0, 0.1) is 0 Å². The Bertz CT molecular complexity index is 6.00. The van der Waals surface area contributed by atoms with Crippen LogP contribution in [0.2, 0.25) is 0 Å². The summed E-state index contributed by atoms with van der Waals surface area (Å²) in [5.74, 6) is 0. The maximum atomic E-state index is 3.69. The number of hydrogen-bond donors (Lipinski definition) is 0. The molecule has 0 saturated heterocycles. The fourth-order valence-electron chi connectivity index (χ4n) is 0. The van der Waals surface area contributed by atoms with E-state index in [1.54, 1.807) is 0 Å². The number of halogens is 1. The van der Waals surface area contributed by atoms with Crippen LogP contribution in [0.25, 0.3) is 12.3 Å². The summed E-state index contributed by atoms with van der Waals surface area (Å²) in [5, 5.41) is 0. The molecule has 0 aromatic rings. The first kappa shape index (κ1) is 20.7. The Morgan fingerprint density at radius 2 is 1.00 bits per heavy atom. The van der Waals surface area contributed by atoms with Gasteiger partial charge in [-0.2, -0.15) is 0 Å². The van der Waals surface area contributed by atoms with Crippen molar-refractivity contribution in [2.24, 2.45) is 0 Å². The van der Waals surface area contributed by atoms with Crippen LogP contribution in [0.15, 0.2) is 0 Å². The molecule has 4 heavy (non-hydrogen) atoms. The van der Waals surface area contributed by atoms with Crippen molar-refractivity contribution in [1.82, 2.24) is 0 Å². The summed E-state index contributed by atoms with van der Waals surface area (Å²) in [6.07, 6.45) is 0. The average Bonchev–Trinajstić information content (AvgIpc) is 1.00. The van der Waals surface area contributed by atoms with Crippen molar-refractivity contribution in [2.45, 2.75) is 0 Å². The minimum absolute atomic E-state index is 0. The van der Waals surface area contributed by atoms with E-state index in [2.05, 4.69) is 27.9 Å². The van der Waals surface area contributed by atoms with Gasteiger partial charge in [-0.25, -0.2) is 0 Å². The fraction of sp³-hybridized carbons (Fsp3) is 0. The Kier molecular flexibility index (Phi) is 211. The SMILES string of the molecule is [NH2-].[NH2-].[Ni][Br]. The molecule has 0 heterocycles. The second-order valence-electron chi connectivity index (χ2n) is 0. The average molecular weight is 171 g/mol. The van der Waals surface area contributed by atoms with Gasteiger partial charge >= 0.3 is 27.9 Å². The summed E-state index contributed by atoms with van der Waals surface area (Å²) in [6, 6.07) is 0. The molecule has 0 aromatic carbocycles. The monoisotopic (exact) mass is 169 g/mol. The standard InChI is InChI=1S/BrH.2H2N.Ni/h1H;2*1H2;/q;2*-1;+1/p-1. The van der Waals surface area contributed by atoms with E-state index in [9.17, 15) is 0 Å². The normalized spacial score (nSPS) is 1.75. The van der Waals surface area contributed by atoms with Crippen LogP contribution >= 0.6 is 14.2 Å². The van der Waals surface area contributed by atoms with Gasteiger partial charge in [0.05, 0.1) is 0 Å². The van der Waals surface area contributed by atoms with Gasteiger partial charge in [-0.15, -0.1) is 0 Å². The Morgan fingerprint density at radius 1 is 1.00 bits per heavy atom. The molecule has 0 unspecified atom stereocenters. The first-order valence-electron chi connectivity index (χ1n) is 0.120. The molecule has 0 spiro atoms. The van der Waals surface area contributed by atoms with Crippen molar-refractivity contribution in [3.8, 4) is 0 Å². The van der Waals surface area contributed by atoms with Crippen molar-refractivity contribution in [1.29, 1.82) is 0 Å². The van der Waals surface area contributed by atoms with E-state index in [1.165, 1.54) is 0 Å². The van der Waals surface area contributed by atoms with Crippen LogP contribution in [-0.4, -0.2) is 0 Å². The third-order valence-corrected chi connectivity index (χ3v) is 0. The van der Waals surface area contributed by atoms with E-state index >= 15 is 0 Å². The van der Waals surface area contributed by atoms with Crippen molar-refractivity contribution >= 4 is 14.2 Å². The molecule has 0 saturated carbocycles. The summed E-state index contributed by atoms with van der Waals surface area (Å²) < 4.78 is 0. The number of hydrogen-bond acceptors (Lipinski definition) is 0. The molecule has 2 nitrogen and oxygen atoms in total. The van der Waals surface area contributed by atoms with Crippen molar-refractivity contribution in [3.63, 3.8) is 0 Å². The van der Waals surface area contributed by atoms with Crippen LogP contribution in [0.5, 0.6) is 0 Å². The van der Waals surface area contributed by atoms with Gasteiger partial charge in [-0.3, -0.25) is 0 Å². The Hall–Kier alpha value is 0.894. The molecule has 0 amide bonds. The summed E-state index contributed by atoms with van der Waals surface area (Å²) >= 11 is 6.25. The molecule has 0 radical (unpaired) electrons. The zero-order chi connectivity index (χ0) is 2.00. The van der Waals surface area contributed by atoms with Crippen molar-refractivity contribution in [3.05, 3.63) is 12.3 Å². The maximum absolute atomic E-state index is 3.69. The van der Waals surface area contributed by atoms with Crippen LogP contribution in [0.3, 0.4) is 0 Å². The van der Waals surface area contributed by atoms with Crippen molar-refractivity contribution < 1.29 is 13.7 Å². The minimum atomic E-state index is 0. The Labute approximate surface area is 40.6 Å². The van der Waals surface area contributed by atoms with Crippen LogP contribution < -0.4 is 0 Å². The molecule has 0 rings (SSSR count). The molecule has 0 aliphatic rings. The van der Waals surface area contributed by atoms with Gasteiger partial charge in [0.25, 0.3) is 0 Å². The summed E-state index contributed by atoms with van der Waals surface area (Å²) in [4.78, 5) is 0. The molecular formula is H4BrN2Ni-2. The van der Waals surface area contributed by atoms with Gasteiger partial charge in [0.15, 0.2) is 0 Å². The Morgan fingerprint density at radius 3 is 1.00 bits per heavy atom. The molecule has 4 heteroatoms. The Balaban J connectivity index is -0.00000000500. The second kappa shape index (κ2) is 40.8. The predicted octanol–water partition coefficient (Wildman–Crippen LogP) is 2.28. The third kappa shape index (κ3) is 13.0. The van der Waals surface area contributed by atoms with E-state index in [4.69, 9.17) is 0 Å². The molecule has 33 valence electrons. The summed E-state index contributed by atoms with van der Waals surface area (Å²) in [6.45, 7) is 0. The quantitative estimate of drug-likeness (QED) is 0.501. The van der Waals surface area contributed by atoms with Crippen molar-refractivity contribution in [2.75, 3.05) is 0 Å². The van der Waals surface area contributed by atoms with Gasteiger partial charge in [0, 0.05) is 0 Å². The molecule has 0 bridgehead atoms. The van der Waals surface area contributed by atoms with E-state index in [0.29, 0.717) is 0 Å². The van der Waals surface area contributed by atoms with Crippen LogP contribution in [-0.2, 0) is 13.7 Å². The molecule has 0 aliphatic carbocycles. The van der Waals surface area contributed by atoms with Gasteiger partial charge in [-0.05, 0) is 0 Å². The molecular weight excluding hydrogens is 167 g/mol. The summed E-state index contributed by atoms with van der Waals surface area (Å²) in [7, 11) is 0. The third-order valence-electron chi connectivity index (χ3n) is 0. The van der Waals surface area contributed by atoms with Gasteiger partial charge in [0.1, 0.15) is 0 Å². The first-order chi connectivity index (χ1) is 1.00. The fourth-order valence-corrected chi connectivity index (χ4v) is 0. The van der Waals surface area contributed by atoms with E-state index < -0.39 is 0 Å². The van der Waals surface area contributed by atoms with Gasteiger partial charge < -0.3 is 12.3 Å². The first-order valence-corrected chi connectivity index (χ1v) is 2.56. The summed E-state index contributed by atoms with van der Waals surface area (Å²) in [5.41, 5.74) is 0. The van der Waals surface area contributed by atoms with E-state index in [0.717, 1.165) is 0 Å². The second-order valence-corrected chi connectivity index (χ2v) is 0. The van der Waals surface area contributed by atoms with Crippen LogP contribution in [0.4, 0.5) is 0 Å².